The third kappa shape index (κ3) is 4.56. The number of urea groups is 1. The molecule has 1 aromatic carbocycles. The summed E-state index contributed by atoms with van der Waals surface area (Å²) in [5.41, 5.74) is 1.82. The van der Waals surface area contributed by atoms with Crippen molar-refractivity contribution in [3.05, 3.63) is 36.0 Å². The summed E-state index contributed by atoms with van der Waals surface area (Å²) in [7, 11) is 0. The fourth-order valence-corrected chi connectivity index (χ4v) is 5.80. The van der Waals surface area contributed by atoms with E-state index in [-0.39, 0.29) is 30.4 Å². The molecule has 2 fully saturated rings. The largest absolute Gasteiger partial charge is 0.480 e. The number of thioether (sulfide) groups is 1. The molecule has 1 aromatic heterocycles. The normalized spacial score (nSPS) is 23.6. The lowest BCUT2D eigenvalue weighted by molar-refractivity contribution is -0.141. The predicted molar refractivity (Wildman–Crippen MR) is 116 cm³/mol. The summed E-state index contributed by atoms with van der Waals surface area (Å²) < 4.78 is 0. The number of fused-ring (bicyclic) bond motifs is 2. The Morgan fingerprint density at radius 1 is 1.23 bits per heavy atom. The zero-order valence-corrected chi connectivity index (χ0v) is 17.3. The number of nitrogens with one attached hydrogen (secondary N) is 4. The number of aliphatic carboxylic acids is 1. The number of carbonyl (C=O) groups is 3. The molecule has 2 aliphatic heterocycles. The molecule has 2 aliphatic rings. The van der Waals surface area contributed by atoms with Crippen LogP contribution in [0.4, 0.5) is 4.79 Å². The van der Waals surface area contributed by atoms with Crippen LogP contribution in [0.1, 0.15) is 31.2 Å². The van der Waals surface area contributed by atoms with Gasteiger partial charge < -0.3 is 26.0 Å². The van der Waals surface area contributed by atoms with Gasteiger partial charge in [0, 0.05) is 40.9 Å². The van der Waals surface area contributed by atoms with E-state index in [2.05, 4.69) is 20.9 Å². The second-order valence-corrected chi connectivity index (χ2v) is 9.16. The minimum absolute atomic E-state index is 0.0930. The molecule has 0 bridgehead atoms. The molecule has 4 atom stereocenters. The van der Waals surface area contributed by atoms with Gasteiger partial charge in [-0.1, -0.05) is 24.6 Å². The first-order chi connectivity index (χ1) is 14.5. The summed E-state index contributed by atoms with van der Waals surface area (Å²) in [6.45, 7) is 0. The second kappa shape index (κ2) is 8.99. The van der Waals surface area contributed by atoms with E-state index in [1.165, 1.54) is 0 Å². The van der Waals surface area contributed by atoms with Crippen molar-refractivity contribution in [3.8, 4) is 0 Å². The Bertz CT molecular complexity index is 946. The SMILES string of the molecule is O=C(CCCC[C@@H]1SC[C@@H]2NC(=O)N[C@@H]21)N[C@@H](Cc1c[nH]c2ccccc12)C(=O)O. The number of H-pyrrole nitrogens is 1. The van der Waals surface area contributed by atoms with Crippen molar-refractivity contribution in [2.45, 2.75) is 55.5 Å². The van der Waals surface area contributed by atoms with Crippen molar-refractivity contribution in [1.82, 2.24) is 20.9 Å². The molecule has 5 N–H and O–H groups in total. The smallest absolute Gasteiger partial charge is 0.326 e. The third-order valence-corrected chi connectivity index (χ3v) is 7.32. The molecule has 0 spiro atoms. The monoisotopic (exact) mass is 430 g/mol. The van der Waals surface area contributed by atoms with Crippen molar-refractivity contribution in [3.63, 3.8) is 0 Å². The van der Waals surface area contributed by atoms with Crippen LogP contribution in [0.15, 0.2) is 30.5 Å². The van der Waals surface area contributed by atoms with Crippen LogP contribution in [0, 0.1) is 0 Å². The summed E-state index contributed by atoms with van der Waals surface area (Å²) in [6, 6.07) is 7.03. The number of rotatable bonds is 9. The predicted octanol–water partition coefficient (Wildman–Crippen LogP) is 2.01. The minimum Gasteiger partial charge on any atom is -0.480 e. The van der Waals surface area contributed by atoms with Gasteiger partial charge in [-0.3, -0.25) is 4.79 Å². The first-order valence-electron chi connectivity index (χ1n) is 10.3. The third-order valence-electron chi connectivity index (χ3n) is 5.81. The summed E-state index contributed by atoms with van der Waals surface area (Å²) in [5, 5.41) is 19.4. The van der Waals surface area contributed by atoms with Gasteiger partial charge in [0.1, 0.15) is 6.04 Å². The number of hydrogen-bond donors (Lipinski definition) is 5. The number of aromatic amines is 1. The molecule has 0 saturated carbocycles. The minimum atomic E-state index is -1.04. The van der Waals surface area contributed by atoms with E-state index in [0.717, 1.165) is 35.1 Å². The van der Waals surface area contributed by atoms with Crippen molar-refractivity contribution in [1.29, 1.82) is 0 Å². The molecule has 2 aromatic rings. The summed E-state index contributed by atoms with van der Waals surface area (Å²) in [4.78, 5) is 38.5. The van der Waals surface area contributed by atoms with Crippen LogP contribution >= 0.6 is 11.8 Å². The van der Waals surface area contributed by atoms with Gasteiger partial charge in [-0.25, -0.2) is 9.59 Å². The van der Waals surface area contributed by atoms with Crippen molar-refractivity contribution < 1.29 is 19.5 Å². The highest BCUT2D eigenvalue weighted by molar-refractivity contribution is 8.00. The molecule has 2 saturated heterocycles. The fraction of sp³-hybridized carbons (Fsp3) is 0.476. The lowest BCUT2D eigenvalue weighted by Crippen LogP contribution is -2.42. The number of aromatic nitrogens is 1. The maximum atomic E-state index is 12.3. The Hall–Kier alpha value is -2.68. The zero-order valence-electron chi connectivity index (χ0n) is 16.5. The molecular formula is C21H26N4O4S. The van der Waals surface area contributed by atoms with E-state index in [4.69, 9.17) is 0 Å². The lowest BCUT2D eigenvalue weighted by Gasteiger charge is -2.17. The Morgan fingerprint density at radius 3 is 2.90 bits per heavy atom. The molecule has 9 heteroatoms. The molecule has 3 heterocycles. The number of unbranched alkanes of at least 4 members (excludes halogenated alkanes) is 1. The van der Waals surface area contributed by atoms with Gasteiger partial charge in [0.2, 0.25) is 5.91 Å². The molecule has 0 aliphatic carbocycles. The van der Waals surface area contributed by atoms with Gasteiger partial charge in [-0.2, -0.15) is 11.8 Å². The van der Waals surface area contributed by atoms with Gasteiger partial charge in [-0.05, 0) is 24.5 Å². The van der Waals surface area contributed by atoms with E-state index in [0.29, 0.717) is 18.1 Å². The fourth-order valence-electron chi connectivity index (χ4n) is 4.26. The second-order valence-electron chi connectivity index (χ2n) is 7.89. The van der Waals surface area contributed by atoms with Gasteiger partial charge in [-0.15, -0.1) is 0 Å². The van der Waals surface area contributed by atoms with E-state index < -0.39 is 12.0 Å². The number of carboxylic acid groups (broad SMARTS) is 1. The van der Waals surface area contributed by atoms with Crippen molar-refractivity contribution in [2.75, 3.05) is 5.75 Å². The van der Waals surface area contributed by atoms with Crippen molar-refractivity contribution >= 4 is 40.6 Å². The highest BCUT2D eigenvalue weighted by atomic mass is 32.2. The molecule has 160 valence electrons. The van der Waals surface area contributed by atoms with E-state index in [1.54, 1.807) is 6.20 Å². The number of benzene rings is 1. The summed E-state index contributed by atoms with van der Waals surface area (Å²) >= 11 is 1.85. The molecule has 30 heavy (non-hydrogen) atoms. The number of carbonyl (C=O) groups excluding carboxylic acids is 2. The summed E-state index contributed by atoms with van der Waals surface area (Å²) in [6.07, 6.45) is 4.83. The number of para-hydroxylation sites is 1. The maximum absolute atomic E-state index is 12.3. The number of carboxylic acids is 1. The van der Waals surface area contributed by atoms with Gasteiger partial charge >= 0.3 is 12.0 Å². The highest BCUT2D eigenvalue weighted by Crippen LogP contribution is 2.33. The first kappa shape index (κ1) is 20.6. The Balaban J connectivity index is 1.23. The molecule has 0 radical (unpaired) electrons. The Morgan fingerprint density at radius 2 is 2.07 bits per heavy atom. The quantitative estimate of drug-likeness (QED) is 0.308. The van der Waals surface area contributed by atoms with E-state index in [9.17, 15) is 19.5 Å². The topological polar surface area (TPSA) is 123 Å². The van der Waals surface area contributed by atoms with E-state index >= 15 is 0 Å². The molecule has 3 amide bonds. The van der Waals surface area contributed by atoms with Gasteiger partial charge in [0.25, 0.3) is 0 Å². The van der Waals surface area contributed by atoms with Crippen LogP contribution in [0.5, 0.6) is 0 Å². The maximum Gasteiger partial charge on any atom is 0.326 e. The molecule has 8 nitrogen and oxygen atoms in total. The van der Waals surface area contributed by atoms with Crippen LogP contribution in [0.3, 0.4) is 0 Å². The summed E-state index contributed by atoms with van der Waals surface area (Å²) in [5.74, 6) is -0.357. The standard InChI is InChI=1S/C21H26N4O4S/c26-18(8-4-3-7-17-19-16(11-30-17)24-21(29)25-19)23-15(20(27)28)9-12-10-22-14-6-2-1-5-13(12)14/h1-2,5-6,10,15-17,19,22H,3-4,7-9,11H2,(H,23,26)(H,27,28)(H2,24,25,29)/t15-,16-,17-,19-/m0/s1. The van der Waals surface area contributed by atoms with Crippen LogP contribution in [0.2, 0.25) is 0 Å². The van der Waals surface area contributed by atoms with Crippen LogP contribution in [0.25, 0.3) is 10.9 Å². The van der Waals surface area contributed by atoms with Gasteiger partial charge in [0.15, 0.2) is 0 Å². The van der Waals surface area contributed by atoms with Crippen molar-refractivity contribution in [2.24, 2.45) is 0 Å². The first-order valence-corrected chi connectivity index (χ1v) is 11.3. The Kier molecular flexibility index (Phi) is 6.17. The zero-order chi connectivity index (χ0) is 21.1. The van der Waals surface area contributed by atoms with Crippen LogP contribution < -0.4 is 16.0 Å². The van der Waals surface area contributed by atoms with E-state index in [1.807, 2.05) is 36.0 Å². The lowest BCUT2D eigenvalue weighted by atomic mass is 10.0. The number of hydrogen-bond acceptors (Lipinski definition) is 4. The van der Waals surface area contributed by atoms with Crippen LogP contribution in [-0.4, -0.2) is 57.1 Å². The highest BCUT2D eigenvalue weighted by Gasteiger charge is 2.42. The average Bonchev–Trinajstić information content (AvgIpc) is 3.39. The molecular weight excluding hydrogens is 404 g/mol. The molecule has 4 rings (SSSR count). The Labute approximate surface area is 178 Å². The molecule has 0 unspecified atom stereocenters. The van der Waals surface area contributed by atoms with Gasteiger partial charge in [0.05, 0.1) is 12.1 Å². The van der Waals surface area contributed by atoms with Crippen LogP contribution in [-0.2, 0) is 16.0 Å². The number of amides is 3. The average molecular weight is 431 g/mol.